The number of carbonyl (C=O) groups is 3. The Bertz CT molecular complexity index is 750. The molecule has 0 saturated carbocycles. The Labute approximate surface area is 138 Å². The summed E-state index contributed by atoms with van der Waals surface area (Å²) in [6, 6.07) is 5.68. The summed E-state index contributed by atoms with van der Waals surface area (Å²) in [4.78, 5) is 38.9. The fourth-order valence-electron chi connectivity index (χ4n) is 2.73. The third-order valence-corrected chi connectivity index (χ3v) is 3.79. The van der Waals surface area contributed by atoms with Crippen LogP contribution in [0.4, 0.5) is 0 Å². The Kier molecular flexibility index (Phi) is 4.11. The average Bonchev–Trinajstić information content (AvgIpc) is 3.14. The van der Waals surface area contributed by atoms with Gasteiger partial charge >= 0.3 is 0 Å². The van der Waals surface area contributed by atoms with Crippen LogP contribution in [0.25, 0.3) is 0 Å². The molecule has 1 aromatic carbocycles. The minimum absolute atomic E-state index is 0.117. The van der Waals surface area contributed by atoms with Gasteiger partial charge in [0.15, 0.2) is 0 Å². The van der Waals surface area contributed by atoms with Crippen LogP contribution in [0.1, 0.15) is 41.0 Å². The van der Waals surface area contributed by atoms with Crippen LogP contribution in [0.2, 0.25) is 0 Å². The second-order valence-electron chi connectivity index (χ2n) is 6.02. The third kappa shape index (κ3) is 2.78. The number of nitrogens with one attached hydrogen (secondary N) is 1. The molecule has 0 spiro atoms. The lowest BCUT2D eigenvalue weighted by Crippen LogP contribution is -2.49. The molecule has 0 bridgehead atoms. The Balaban J connectivity index is 1.91. The summed E-state index contributed by atoms with van der Waals surface area (Å²) in [5.41, 5.74) is 3.23. The van der Waals surface area contributed by atoms with Crippen LogP contribution in [0.3, 0.4) is 0 Å². The molecule has 2 heterocycles. The summed E-state index contributed by atoms with van der Waals surface area (Å²) >= 11 is 0. The first-order valence-electron chi connectivity index (χ1n) is 7.61. The molecule has 0 unspecified atom stereocenters. The second kappa shape index (κ2) is 6.23. The minimum Gasteiger partial charge on any atom is -0.271 e. The van der Waals surface area contributed by atoms with Crippen LogP contribution in [0, 0.1) is 5.92 Å². The van der Waals surface area contributed by atoms with Crippen molar-refractivity contribution in [3.63, 3.8) is 0 Å². The molecule has 0 aliphatic carbocycles. The van der Waals surface area contributed by atoms with E-state index in [1.165, 1.54) is 17.3 Å². The standard InChI is InChI=1S/C16H17N5O3/c1-10(2)7-13(14(22)19-20-8-17-18-9-20)21-15(23)11-5-3-4-6-12(11)16(21)24/h3-6,8-10,13H,7H2,1-2H3,(H,19,22)/t13-/m1/s1. The highest BCUT2D eigenvalue weighted by molar-refractivity contribution is 6.23. The summed E-state index contributed by atoms with van der Waals surface area (Å²) in [6.07, 6.45) is 3.01. The molecule has 1 N–H and O–H groups in total. The fourth-order valence-corrected chi connectivity index (χ4v) is 2.73. The lowest BCUT2D eigenvalue weighted by atomic mass is 10.0. The van der Waals surface area contributed by atoms with Gasteiger partial charge in [-0.05, 0) is 24.5 Å². The minimum atomic E-state index is -0.903. The molecule has 3 amide bonds. The van der Waals surface area contributed by atoms with Crippen molar-refractivity contribution in [3.05, 3.63) is 48.0 Å². The molecule has 0 fully saturated rings. The van der Waals surface area contributed by atoms with Crippen LogP contribution in [0.15, 0.2) is 36.9 Å². The molecule has 3 rings (SSSR count). The molecule has 24 heavy (non-hydrogen) atoms. The zero-order chi connectivity index (χ0) is 17.3. The Morgan fingerprint density at radius 3 is 2.12 bits per heavy atom. The van der Waals surface area contributed by atoms with E-state index in [1.807, 2.05) is 13.8 Å². The number of benzene rings is 1. The monoisotopic (exact) mass is 327 g/mol. The van der Waals surface area contributed by atoms with Gasteiger partial charge in [0.25, 0.3) is 17.7 Å². The molecule has 1 aromatic heterocycles. The van der Waals surface area contributed by atoms with E-state index < -0.39 is 23.8 Å². The number of amides is 3. The van der Waals surface area contributed by atoms with E-state index in [1.54, 1.807) is 24.3 Å². The predicted octanol–water partition coefficient (Wildman–Crippen LogP) is 1.06. The zero-order valence-corrected chi connectivity index (χ0v) is 13.3. The van der Waals surface area contributed by atoms with Crippen LogP contribution in [-0.4, -0.2) is 43.5 Å². The quantitative estimate of drug-likeness (QED) is 0.828. The van der Waals surface area contributed by atoms with Crippen LogP contribution >= 0.6 is 0 Å². The van der Waals surface area contributed by atoms with Gasteiger partial charge in [0.05, 0.1) is 11.1 Å². The Morgan fingerprint density at radius 1 is 1.08 bits per heavy atom. The maximum absolute atomic E-state index is 12.6. The number of nitrogens with zero attached hydrogens (tertiary/aromatic N) is 4. The Hall–Kier alpha value is -3.03. The molecule has 1 aliphatic rings. The van der Waals surface area contributed by atoms with E-state index in [0.29, 0.717) is 17.5 Å². The number of aromatic nitrogens is 3. The first kappa shape index (κ1) is 15.9. The summed E-state index contributed by atoms with van der Waals surface area (Å²) in [5.74, 6) is -1.23. The molecule has 2 aromatic rings. The highest BCUT2D eigenvalue weighted by atomic mass is 16.2. The van der Waals surface area contributed by atoms with Gasteiger partial charge in [-0.2, -0.15) is 0 Å². The molecule has 0 radical (unpaired) electrons. The smallest absolute Gasteiger partial charge is 0.262 e. The SMILES string of the molecule is CC(C)C[C@H](C(=O)Nn1cnnc1)N1C(=O)c2ccccc2C1=O. The second-order valence-corrected chi connectivity index (χ2v) is 6.02. The molecule has 8 nitrogen and oxygen atoms in total. The first-order chi connectivity index (χ1) is 11.5. The molecule has 0 saturated heterocycles. The van der Waals surface area contributed by atoms with Crippen LogP contribution in [0.5, 0.6) is 0 Å². The van der Waals surface area contributed by atoms with Crippen molar-refractivity contribution < 1.29 is 14.4 Å². The third-order valence-electron chi connectivity index (χ3n) is 3.79. The highest BCUT2D eigenvalue weighted by Crippen LogP contribution is 2.27. The topological polar surface area (TPSA) is 97.2 Å². The van der Waals surface area contributed by atoms with E-state index in [9.17, 15) is 14.4 Å². The van der Waals surface area contributed by atoms with Gasteiger partial charge in [-0.25, -0.2) is 4.68 Å². The van der Waals surface area contributed by atoms with Crippen molar-refractivity contribution >= 4 is 17.7 Å². The van der Waals surface area contributed by atoms with E-state index >= 15 is 0 Å². The van der Waals surface area contributed by atoms with Gasteiger partial charge in [-0.1, -0.05) is 26.0 Å². The van der Waals surface area contributed by atoms with Crippen molar-refractivity contribution in [1.29, 1.82) is 0 Å². The van der Waals surface area contributed by atoms with Crippen molar-refractivity contribution in [3.8, 4) is 0 Å². The van der Waals surface area contributed by atoms with Crippen LogP contribution in [-0.2, 0) is 4.79 Å². The predicted molar refractivity (Wildman–Crippen MR) is 84.6 cm³/mol. The van der Waals surface area contributed by atoms with Gasteiger partial charge in [0, 0.05) is 0 Å². The van der Waals surface area contributed by atoms with Crippen molar-refractivity contribution in [1.82, 2.24) is 19.8 Å². The molecule has 1 aliphatic heterocycles. The summed E-state index contributed by atoms with van der Waals surface area (Å²) in [5, 5.41) is 7.21. The fraction of sp³-hybridized carbons (Fsp3) is 0.312. The normalized spacial score (nSPS) is 14.9. The van der Waals surface area contributed by atoms with Gasteiger partial charge in [0.2, 0.25) is 0 Å². The van der Waals surface area contributed by atoms with E-state index in [4.69, 9.17) is 0 Å². The number of fused-ring (bicyclic) bond motifs is 1. The lowest BCUT2D eigenvalue weighted by molar-refractivity contribution is -0.121. The van der Waals surface area contributed by atoms with Gasteiger partial charge in [-0.3, -0.25) is 24.7 Å². The molecule has 1 atom stereocenters. The largest absolute Gasteiger partial charge is 0.271 e. The number of hydrogen-bond acceptors (Lipinski definition) is 5. The first-order valence-corrected chi connectivity index (χ1v) is 7.61. The van der Waals surface area contributed by atoms with E-state index in [2.05, 4.69) is 15.6 Å². The van der Waals surface area contributed by atoms with Crippen molar-refractivity contribution in [2.24, 2.45) is 5.92 Å². The highest BCUT2D eigenvalue weighted by Gasteiger charge is 2.42. The van der Waals surface area contributed by atoms with Gasteiger partial charge in [-0.15, -0.1) is 10.2 Å². The zero-order valence-electron chi connectivity index (χ0n) is 13.3. The number of rotatable bonds is 5. The summed E-state index contributed by atoms with van der Waals surface area (Å²) in [6.45, 7) is 3.86. The molecule has 124 valence electrons. The van der Waals surface area contributed by atoms with Crippen molar-refractivity contribution in [2.75, 3.05) is 5.43 Å². The molecule has 8 heteroatoms. The van der Waals surface area contributed by atoms with E-state index in [-0.39, 0.29) is 5.92 Å². The van der Waals surface area contributed by atoms with Crippen LogP contribution < -0.4 is 5.43 Å². The van der Waals surface area contributed by atoms with Gasteiger partial charge < -0.3 is 0 Å². The van der Waals surface area contributed by atoms with E-state index in [0.717, 1.165) is 4.90 Å². The number of hydrogen-bond donors (Lipinski definition) is 1. The number of carbonyl (C=O) groups excluding carboxylic acids is 3. The molecular weight excluding hydrogens is 310 g/mol. The summed E-state index contributed by atoms with van der Waals surface area (Å²) in [7, 11) is 0. The Morgan fingerprint density at radius 2 is 1.62 bits per heavy atom. The maximum Gasteiger partial charge on any atom is 0.262 e. The number of imide groups is 1. The maximum atomic E-state index is 12.6. The molecular formula is C16H17N5O3. The van der Waals surface area contributed by atoms with Crippen molar-refractivity contribution in [2.45, 2.75) is 26.3 Å². The summed E-state index contributed by atoms with van der Waals surface area (Å²) < 4.78 is 1.29. The van der Waals surface area contributed by atoms with Gasteiger partial charge in [0.1, 0.15) is 18.7 Å². The average molecular weight is 327 g/mol. The lowest BCUT2D eigenvalue weighted by Gasteiger charge is -2.26.